The summed E-state index contributed by atoms with van der Waals surface area (Å²) in [6, 6.07) is 13.3. The van der Waals surface area contributed by atoms with Crippen molar-refractivity contribution in [2.24, 2.45) is 0 Å². The van der Waals surface area contributed by atoms with E-state index in [1.165, 1.54) is 0 Å². The molecule has 8 heteroatoms. The van der Waals surface area contributed by atoms with Crippen LogP contribution in [0.25, 0.3) is 16.4 Å². The van der Waals surface area contributed by atoms with Crippen molar-refractivity contribution in [2.45, 2.75) is 13.0 Å². The molecule has 2 heterocycles. The Morgan fingerprint density at radius 3 is 2.62 bits per heavy atom. The number of nitrogens with zero attached hydrogens (tertiary/aromatic N) is 4. The number of hydrogen-bond donors (Lipinski definition) is 0. The molecule has 6 nitrogen and oxygen atoms in total. The highest BCUT2D eigenvalue weighted by Crippen LogP contribution is 2.25. The van der Waals surface area contributed by atoms with Gasteiger partial charge in [0.05, 0.1) is 10.6 Å². The number of benzene rings is 1. The van der Waals surface area contributed by atoms with Gasteiger partial charge in [-0.05, 0) is 30.5 Å². The molecule has 0 spiro atoms. The van der Waals surface area contributed by atoms with Gasteiger partial charge in [-0.1, -0.05) is 24.3 Å². The maximum atomic E-state index is 12.8. The Hall–Kier alpha value is -2.32. The van der Waals surface area contributed by atoms with Gasteiger partial charge >= 0.3 is 0 Å². The lowest BCUT2D eigenvalue weighted by atomic mass is 10.3. The van der Waals surface area contributed by atoms with Gasteiger partial charge in [-0.3, -0.25) is 9.00 Å². The van der Waals surface area contributed by atoms with Crippen molar-refractivity contribution in [3.8, 4) is 16.4 Å². The molecule has 3 rings (SSSR count). The molecule has 0 aliphatic heterocycles. The van der Waals surface area contributed by atoms with Gasteiger partial charge in [0.1, 0.15) is 0 Å². The maximum Gasteiger partial charge on any atom is 0.293 e. The van der Waals surface area contributed by atoms with Crippen LogP contribution < -0.4 is 0 Å². The van der Waals surface area contributed by atoms with E-state index >= 15 is 0 Å². The van der Waals surface area contributed by atoms with Crippen LogP contribution in [-0.4, -0.2) is 54.9 Å². The molecule has 0 fully saturated rings. The van der Waals surface area contributed by atoms with Gasteiger partial charge < -0.3 is 4.90 Å². The summed E-state index contributed by atoms with van der Waals surface area (Å²) in [5.74, 6) is 0.901. The minimum Gasteiger partial charge on any atom is -0.335 e. The Morgan fingerprint density at radius 2 is 2.00 bits per heavy atom. The molecule has 0 aliphatic carbocycles. The molecule has 136 valence electrons. The number of carbonyl (C=O) groups excluding carboxylic acids is 1. The van der Waals surface area contributed by atoms with Crippen molar-refractivity contribution in [3.05, 3.63) is 53.7 Å². The average Bonchev–Trinajstić information content (AvgIpc) is 3.30. The van der Waals surface area contributed by atoms with Crippen LogP contribution in [0.4, 0.5) is 0 Å². The second-order valence-electron chi connectivity index (χ2n) is 5.99. The van der Waals surface area contributed by atoms with Crippen LogP contribution in [0.15, 0.2) is 47.8 Å². The zero-order valence-electron chi connectivity index (χ0n) is 14.8. The number of carbonyl (C=O) groups is 1. The quantitative estimate of drug-likeness (QED) is 0.651. The van der Waals surface area contributed by atoms with Gasteiger partial charge in [-0.2, -0.15) is 0 Å². The smallest absolute Gasteiger partial charge is 0.293 e. The summed E-state index contributed by atoms with van der Waals surface area (Å²) in [4.78, 5) is 19.8. The van der Waals surface area contributed by atoms with Crippen molar-refractivity contribution in [1.82, 2.24) is 19.7 Å². The van der Waals surface area contributed by atoms with E-state index in [4.69, 9.17) is 0 Å². The number of para-hydroxylation sites is 1. The molecule has 0 radical (unpaired) electrons. The summed E-state index contributed by atoms with van der Waals surface area (Å²) < 4.78 is 13.1. The second kappa shape index (κ2) is 7.92. The third kappa shape index (κ3) is 3.91. The van der Waals surface area contributed by atoms with Gasteiger partial charge in [0.15, 0.2) is 5.82 Å². The zero-order valence-corrected chi connectivity index (χ0v) is 16.5. The predicted octanol–water partition coefficient (Wildman–Crippen LogP) is 2.83. The highest BCUT2D eigenvalue weighted by molar-refractivity contribution is 7.84. The van der Waals surface area contributed by atoms with E-state index in [0.717, 1.165) is 10.6 Å². The second-order valence-corrected chi connectivity index (χ2v) is 8.42. The first kappa shape index (κ1) is 18.5. The molecule has 0 N–H and O–H groups in total. The SMILES string of the molecule is CC(CS(C)=O)N(C)C(=O)c1nc(-c2cccs2)n(-c2ccccc2)n1. The molecular formula is C18H20N4O2S2. The number of aromatic nitrogens is 3. The lowest BCUT2D eigenvalue weighted by Gasteiger charge is -2.22. The minimum atomic E-state index is -0.981. The van der Waals surface area contributed by atoms with Gasteiger partial charge in [0.25, 0.3) is 5.91 Å². The number of hydrogen-bond acceptors (Lipinski definition) is 5. The summed E-state index contributed by atoms with van der Waals surface area (Å²) >= 11 is 1.54. The van der Waals surface area contributed by atoms with Crippen molar-refractivity contribution in [3.63, 3.8) is 0 Å². The Labute approximate surface area is 158 Å². The molecule has 3 aromatic rings. The van der Waals surface area contributed by atoms with Crippen LogP contribution in [0.1, 0.15) is 17.5 Å². The molecule has 0 bridgehead atoms. The Balaban J connectivity index is 1.99. The lowest BCUT2D eigenvalue weighted by molar-refractivity contribution is 0.0745. The predicted molar refractivity (Wildman–Crippen MR) is 105 cm³/mol. The van der Waals surface area contributed by atoms with E-state index in [9.17, 15) is 9.00 Å². The van der Waals surface area contributed by atoms with Crippen molar-refractivity contribution in [2.75, 3.05) is 19.1 Å². The summed E-state index contributed by atoms with van der Waals surface area (Å²) in [5.41, 5.74) is 0.841. The van der Waals surface area contributed by atoms with E-state index in [1.54, 1.807) is 34.2 Å². The Bertz CT molecular complexity index is 907. The highest BCUT2D eigenvalue weighted by atomic mass is 32.2. The summed E-state index contributed by atoms with van der Waals surface area (Å²) in [6.45, 7) is 1.87. The summed E-state index contributed by atoms with van der Waals surface area (Å²) in [7, 11) is 0.708. The number of thiophene rings is 1. The van der Waals surface area contributed by atoms with Gasteiger partial charge in [0, 0.05) is 35.9 Å². The normalized spacial score (nSPS) is 13.3. The Morgan fingerprint density at radius 1 is 1.27 bits per heavy atom. The fraction of sp³-hybridized carbons (Fsp3) is 0.278. The monoisotopic (exact) mass is 388 g/mol. The first-order chi connectivity index (χ1) is 12.5. The van der Waals surface area contributed by atoms with Crippen LogP contribution in [0, 0.1) is 0 Å². The topological polar surface area (TPSA) is 68.1 Å². The molecule has 2 aromatic heterocycles. The first-order valence-corrected chi connectivity index (χ1v) is 10.7. The zero-order chi connectivity index (χ0) is 18.7. The molecule has 0 saturated carbocycles. The standard InChI is InChI=1S/C18H20N4O2S2/c1-13(12-26(3)24)21(2)18(23)16-19-17(15-10-7-11-25-15)22(20-16)14-8-5-4-6-9-14/h4-11,13H,12H2,1-3H3. The van der Waals surface area contributed by atoms with E-state index in [0.29, 0.717) is 11.6 Å². The van der Waals surface area contributed by atoms with Crippen LogP contribution in [0.2, 0.25) is 0 Å². The van der Waals surface area contributed by atoms with E-state index < -0.39 is 10.8 Å². The largest absolute Gasteiger partial charge is 0.335 e. The van der Waals surface area contributed by atoms with Gasteiger partial charge in [-0.25, -0.2) is 9.67 Å². The van der Waals surface area contributed by atoms with Crippen LogP contribution >= 0.6 is 11.3 Å². The molecule has 1 aromatic carbocycles. The third-order valence-electron chi connectivity index (χ3n) is 4.00. The molecule has 2 unspecified atom stereocenters. The first-order valence-electron chi connectivity index (χ1n) is 8.11. The molecule has 0 saturated heterocycles. The molecular weight excluding hydrogens is 368 g/mol. The Kier molecular flexibility index (Phi) is 5.63. The fourth-order valence-corrected chi connectivity index (χ4v) is 4.13. The number of rotatable bonds is 6. The number of amides is 1. The van der Waals surface area contributed by atoms with Crippen LogP contribution in [0.5, 0.6) is 0 Å². The lowest BCUT2D eigenvalue weighted by Crippen LogP contribution is -2.38. The minimum absolute atomic E-state index is 0.133. The molecule has 2 atom stereocenters. The third-order valence-corrected chi connectivity index (χ3v) is 5.82. The van der Waals surface area contributed by atoms with E-state index in [-0.39, 0.29) is 17.8 Å². The van der Waals surface area contributed by atoms with E-state index in [1.807, 2.05) is 54.8 Å². The molecule has 1 amide bonds. The van der Waals surface area contributed by atoms with Crippen molar-refractivity contribution in [1.29, 1.82) is 0 Å². The fourth-order valence-electron chi connectivity index (χ4n) is 2.53. The average molecular weight is 389 g/mol. The van der Waals surface area contributed by atoms with Crippen molar-refractivity contribution >= 4 is 28.0 Å². The van der Waals surface area contributed by atoms with Gasteiger partial charge in [-0.15, -0.1) is 16.4 Å². The molecule has 26 heavy (non-hydrogen) atoms. The van der Waals surface area contributed by atoms with Gasteiger partial charge in [0.2, 0.25) is 5.82 Å². The van der Waals surface area contributed by atoms with Crippen LogP contribution in [0.3, 0.4) is 0 Å². The maximum absolute atomic E-state index is 12.8. The van der Waals surface area contributed by atoms with E-state index in [2.05, 4.69) is 10.1 Å². The van der Waals surface area contributed by atoms with Crippen molar-refractivity contribution < 1.29 is 9.00 Å². The van der Waals surface area contributed by atoms with Crippen LogP contribution in [-0.2, 0) is 10.8 Å². The highest BCUT2D eigenvalue weighted by Gasteiger charge is 2.25. The summed E-state index contributed by atoms with van der Waals surface area (Å²) in [5, 5.41) is 6.43. The molecule has 0 aliphatic rings. The summed E-state index contributed by atoms with van der Waals surface area (Å²) in [6.07, 6.45) is 1.63.